The maximum atomic E-state index is 11.6. The molecule has 0 saturated heterocycles. The standard InChI is InChI=1S/C12H18O3/c1-4-6-7-9-11(13)10(8-5-2)12(14)15-3/h4-6,10H,2,7-9H2,1,3H3/b6-4+. The maximum absolute atomic E-state index is 11.6. The predicted octanol–water partition coefficient (Wildman–Crippen LogP) is 2.28. The Labute approximate surface area is 90.8 Å². The molecule has 0 heterocycles. The zero-order valence-electron chi connectivity index (χ0n) is 9.36. The molecule has 1 atom stereocenters. The number of hydrogen-bond donors (Lipinski definition) is 0. The molecule has 1 unspecified atom stereocenters. The van der Waals surface area contributed by atoms with Gasteiger partial charge in [-0.15, -0.1) is 6.58 Å². The summed E-state index contributed by atoms with van der Waals surface area (Å²) in [7, 11) is 1.29. The van der Waals surface area contributed by atoms with Crippen molar-refractivity contribution in [3.8, 4) is 0 Å². The number of rotatable bonds is 7. The van der Waals surface area contributed by atoms with E-state index in [-0.39, 0.29) is 5.78 Å². The number of hydrogen-bond acceptors (Lipinski definition) is 3. The zero-order valence-corrected chi connectivity index (χ0v) is 9.36. The Bertz CT molecular complexity index is 254. The fourth-order valence-corrected chi connectivity index (χ4v) is 1.23. The first-order chi connectivity index (χ1) is 7.17. The van der Waals surface area contributed by atoms with Gasteiger partial charge in [0.15, 0.2) is 0 Å². The lowest BCUT2D eigenvalue weighted by molar-refractivity contribution is -0.149. The largest absolute Gasteiger partial charge is 0.468 e. The second kappa shape index (κ2) is 7.97. The number of carbonyl (C=O) groups is 2. The van der Waals surface area contributed by atoms with E-state index in [0.29, 0.717) is 19.3 Å². The summed E-state index contributed by atoms with van der Waals surface area (Å²) in [6.45, 7) is 5.42. The zero-order chi connectivity index (χ0) is 11.7. The molecule has 3 nitrogen and oxygen atoms in total. The molecule has 0 saturated carbocycles. The molecule has 0 aliphatic rings. The molecule has 0 aromatic rings. The van der Waals surface area contributed by atoms with Gasteiger partial charge in [0.2, 0.25) is 0 Å². The molecule has 0 aromatic carbocycles. The van der Waals surface area contributed by atoms with Crippen molar-refractivity contribution in [2.24, 2.45) is 5.92 Å². The Kier molecular flexibility index (Phi) is 7.24. The Morgan fingerprint density at radius 2 is 2.13 bits per heavy atom. The maximum Gasteiger partial charge on any atom is 0.316 e. The van der Waals surface area contributed by atoms with E-state index < -0.39 is 11.9 Å². The van der Waals surface area contributed by atoms with E-state index in [0.717, 1.165) is 0 Å². The molecule has 0 rings (SSSR count). The van der Waals surface area contributed by atoms with Gasteiger partial charge in [-0.3, -0.25) is 9.59 Å². The summed E-state index contributed by atoms with van der Waals surface area (Å²) >= 11 is 0. The van der Waals surface area contributed by atoms with Crippen molar-refractivity contribution in [3.05, 3.63) is 24.8 Å². The minimum atomic E-state index is -0.683. The van der Waals surface area contributed by atoms with E-state index in [1.165, 1.54) is 7.11 Å². The van der Waals surface area contributed by atoms with Crippen molar-refractivity contribution < 1.29 is 14.3 Å². The number of Topliss-reactive ketones (excluding diaryl/α,β-unsaturated/α-hetero) is 1. The van der Waals surface area contributed by atoms with Crippen molar-refractivity contribution >= 4 is 11.8 Å². The first-order valence-electron chi connectivity index (χ1n) is 5.00. The fraction of sp³-hybridized carbons (Fsp3) is 0.500. The highest BCUT2D eigenvalue weighted by molar-refractivity contribution is 5.99. The molecule has 0 spiro atoms. The predicted molar refractivity (Wildman–Crippen MR) is 59.4 cm³/mol. The van der Waals surface area contributed by atoms with Crippen LogP contribution in [0.5, 0.6) is 0 Å². The third kappa shape index (κ3) is 5.15. The molecule has 0 aromatic heterocycles. The third-order valence-corrected chi connectivity index (χ3v) is 2.07. The summed E-state index contributed by atoms with van der Waals surface area (Å²) in [5.74, 6) is -1.24. The highest BCUT2D eigenvalue weighted by Crippen LogP contribution is 2.11. The SMILES string of the molecule is C=CCC(C(=O)CC/C=C/C)C(=O)OC. The summed E-state index contributed by atoms with van der Waals surface area (Å²) in [5.41, 5.74) is 0. The minimum absolute atomic E-state index is 0.0835. The van der Waals surface area contributed by atoms with Crippen LogP contribution in [0.2, 0.25) is 0 Å². The van der Waals surface area contributed by atoms with Gasteiger partial charge in [0, 0.05) is 6.42 Å². The van der Waals surface area contributed by atoms with Crippen LogP contribution < -0.4 is 0 Å². The summed E-state index contributed by atoms with van der Waals surface area (Å²) in [6.07, 6.45) is 6.74. The van der Waals surface area contributed by atoms with Crippen molar-refractivity contribution in [1.82, 2.24) is 0 Å². The number of ketones is 1. The van der Waals surface area contributed by atoms with Crippen LogP contribution in [0.1, 0.15) is 26.2 Å². The van der Waals surface area contributed by atoms with Crippen molar-refractivity contribution in [2.75, 3.05) is 7.11 Å². The van der Waals surface area contributed by atoms with Crippen LogP contribution in [0.15, 0.2) is 24.8 Å². The first kappa shape index (κ1) is 13.6. The van der Waals surface area contributed by atoms with Gasteiger partial charge in [-0.1, -0.05) is 18.2 Å². The molecule has 0 aliphatic carbocycles. The van der Waals surface area contributed by atoms with Crippen LogP contribution in [-0.2, 0) is 14.3 Å². The number of allylic oxidation sites excluding steroid dienone is 3. The van der Waals surface area contributed by atoms with Gasteiger partial charge in [0.25, 0.3) is 0 Å². The van der Waals surface area contributed by atoms with Crippen molar-refractivity contribution in [1.29, 1.82) is 0 Å². The summed E-state index contributed by atoms with van der Waals surface area (Å²) in [4.78, 5) is 22.9. The normalized spacial score (nSPS) is 12.4. The third-order valence-electron chi connectivity index (χ3n) is 2.07. The Morgan fingerprint density at radius 3 is 2.60 bits per heavy atom. The van der Waals surface area contributed by atoms with E-state index in [1.54, 1.807) is 6.08 Å². The van der Waals surface area contributed by atoms with E-state index in [4.69, 9.17) is 0 Å². The lowest BCUT2D eigenvalue weighted by Gasteiger charge is -2.10. The molecule has 0 fully saturated rings. The average molecular weight is 210 g/mol. The molecule has 84 valence electrons. The van der Waals surface area contributed by atoms with Gasteiger partial charge >= 0.3 is 5.97 Å². The van der Waals surface area contributed by atoms with Gasteiger partial charge in [-0.05, 0) is 19.8 Å². The van der Waals surface area contributed by atoms with Crippen LogP contribution in [0.3, 0.4) is 0 Å². The summed E-state index contributed by atoms with van der Waals surface area (Å²) in [5, 5.41) is 0. The van der Waals surface area contributed by atoms with E-state index in [9.17, 15) is 9.59 Å². The van der Waals surface area contributed by atoms with Gasteiger partial charge in [0.1, 0.15) is 11.7 Å². The van der Waals surface area contributed by atoms with Gasteiger partial charge in [0.05, 0.1) is 7.11 Å². The van der Waals surface area contributed by atoms with Crippen LogP contribution in [0, 0.1) is 5.92 Å². The molecule has 0 aliphatic heterocycles. The highest BCUT2D eigenvalue weighted by atomic mass is 16.5. The topological polar surface area (TPSA) is 43.4 Å². The molecular weight excluding hydrogens is 192 g/mol. The first-order valence-corrected chi connectivity index (χ1v) is 5.00. The highest BCUT2D eigenvalue weighted by Gasteiger charge is 2.24. The smallest absolute Gasteiger partial charge is 0.316 e. The average Bonchev–Trinajstić information content (AvgIpc) is 2.25. The Hall–Kier alpha value is -1.38. The second-order valence-electron chi connectivity index (χ2n) is 3.17. The van der Waals surface area contributed by atoms with Crippen LogP contribution in [0.4, 0.5) is 0 Å². The summed E-state index contributed by atoms with van der Waals surface area (Å²) < 4.78 is 4.57. The quantitative estimate of drug-likeness (QED) is 0.368. The monoisotopic (exact) mass is 210 g/mol. The minimum Gasteiger partial charge on any atom is -0.468 e. The molecular formula is C12H18O3. The lowest BCUT2D eigenvalue weighted by Crippen LogP contribution is -2.24. The Balaban J connectivity index is 4.28. The molecule has 0 N–H and O–H groups in total. The van der Waals surface area contributed by atoms with Gasteiger partial charge in [-0.25, -0.2) is 0 Å². The van der Waals surface area contributed by atoms with Crippen LogP contribution >= 0.6 is 0 Å². The summed E-state index contributed by atoms with van der Waals surface area (Å²) in [6, 6.07) is 0. The fourth-order valence-electron chi connectivity index (χ4n) is 1.23. The number of methoxy groups -OCH3 is 1. The molecule has 3 heteroatoms. The number of carbonyl (C=O) groups excluding carboxylic acids is 2. The van der Waals surface area contributed by atoms with Crippen LogP contribution in [0.25, 0.3) is 0 Å². The van der Waals surface area contributed by atoms with Gasteiger partial charge in [-0.2, -0.15) is 0 Å². The van der Waals surface area contributed by atoms with Crippen molar-refractivity contribution in [3.63, 3.8) is 0 Å². The molecule has 0 bridgehead atoms. The van der Waals surface area contributed by atoms with E-state index >= 15 is 0 Å². The molecule has 0 amide bonds. The lowest BCUT2D eigenvalue weighted by atomic mass is 9.97. The Morgan fingerprint density at radius 1 is 1.47 bits per heavy atom. The van der Waals surface area contributed by atoms with E-state index in [1.807, 2.05) is 19.1 Å². The number of esters is 1. The van der Waals surface area contributed by atoms with E-state index in [2.05, 4.69) is 11.3 Å². The molecule has 0 radical (unpaired) electrons. The second-order valence-corrected chi connectivity index (χ2v) is 3.17. The van der Waals surface area contributed by atoms with Crippen molar-refractivity contribution in [2.45, 2.75) is 26.2 Å². The van der Waals surface area contributed by atoms with Gasteiger partial charge < -0.3 is 4.74 Å². The van der Waals surface area contributed by atoms with Crippen LogP contribution in [-0.4, -0.2) is 18.9 Å². The molecule has 15 heavy (non-hydrogen) atoms. The number of ether oxygens (including phenoxy) is 1.